The van der Waals surface area contributed by atoms with Gasteiger partial charge in [0, 0.05) is 12.1 Å². The van der Waals surface area contributed by atoms with Crippen LogP contribution in [0.3, 0.4) is 0 Å². The normalized spacial score (nSPS) is 10.5. The molecule has 5 heteroatoms. The lowest BCUT2D eigenvalue weighted by Gasteiger charge is -2.10. The maximum absolute atomic E-state index is 12.1. The van der Waals surface area contributed by atoms with E-state index in [1.807, 2.05) is 32.0 Å². The number of amides is 1. The van der Waals surface area contributed by atoms with Crippen molar-refractivity contribution in [3.05, 3.63) is 59.2 Å². The number of anilines is 1. The predicted molar refractivity (Wildman–Crippen MR) is 120 cm³/mol. The van der Waals surface area contributed by atoms with Crippen LogP contribution in [0.25, 0.3) is 0 Å². The molecule has 1 amide bonds. The highest BCUT2D eigenvalue weighted by Crippen LogP contribution is 2.19. The van der Waals surface area contributed by atoms with Crippen LogP contribution in [-0.4, -0.2) is 25.1 Å². The monoisotopic (exact) mass is 411 g/mol. The van der Waals surface area contributed by atoms with E-state index in [1.165, 1.54) is 0 Å². The fourth-order valence-corrected chi connectivity index (χ4v) is 2.97. The van der Waals surface area contributed by atoms with Crippen molar-refractivity contribution in [2.24, 2.45) is 0 Å². The zero-order valence-electron chi connectivity index (χ0n) is 18.3. The molecule has 0 atom stereocenters. The molecule has 0 heterocycles. The molecule has 1 N–H and O–H groups in total. The number of esters is 1. The van der Waals surface area contributed by atoms with Gasteiger partial charge >= 0.3 is 5.97 Å². The van der Waals surface area contributed by atoms with E-state index in [0.29, 0.717) is 37.3 Å². The Kier molecular flexibility index (Phi) is 9.92. The van der Waals surface area contributed by atoms with Crippen LogP contribution in [0.15, 0.2) is 42.5 Å². The Labute approximate surface area is 179 Å². The van der Waals surface area contributed by atoms with Crippen molar-refractivity contribution < 1.29 is 19.1 Å². The number of benzene rings is 2. The number of aryl methyl sites for hydroxylation is 2. The summed E-state index contributed by atoms with van der Waals surface area (Å²) in [6, 6.07) is 12.9. The predicted octanol–water partition coefficient (Wildman–Crippen LogP) is 5.84. The molecule has 0 radical (unpaired) electrons. The first kappa shape index (κ1) is 23.5. The van der Waals surface area contributed by atoms with Gasteiger partial charge in [0.05, 0.1) is 18.8 Å². The van der Waals surface area contributed by atoms with Gasteiger partial charge < -0.3 is 14.8 Å². The summed E-state index contributed by atoms with van der Waals surface area (Å²) in [5.41, 5.74) is 3.39. The van der Waals surface area contributed by atoms with Gasteiger partial charge in [-0.15, -0.1) is 0 Å². The molecule has 30 heavy (non-hydrogen) atoms. The van der Waals surface area contributed by atoms with Crippen molar-refractivity contribution in [3.8, 4) is 5.75 Å². The van der Waals surface area contributed by atoms with Gasteiger partial charge in [0.25, 0.3) is 0 Å². The number of unbranched alkanes of at least 4 members (excludes halogenated alkanes) is 3. The van der Waals surface area contributed by atoms with Crippen LogP contribution < -0.4 is 10.1 Å². The molecule has 5 nitrogen and oxygen atoms in total. The molecule has 0 saturated heterocycles. The summed E-state index contributed by atoms with van der Waals surface area (Å²) in [6.07, 6.45) is 5.27. The average Bonchev–Trinajstić information content (AvgIpc) is 2.73. The van der Waals surface area contributed by atoms with Crippen molar-refractivity contribution in [1.82, 2.24) is 0 Å². The molecule has 0 unspecified atom stereocenters. The SMILES string of the molecule is CCCCCCOC(=O)c1ccc(NC(=O)CCCOc2cc(C)ccc2C)cc1. The van der Waals surface area contributed by atoms with E-state index in [9.17, 15) is 9.59 Å². The number of carbonyl (C=O) groups excluding carboxylic acids is 2. The van der Waals surface area contributed by atoms with E-state index >= 15 is 0 Å². The number of carbonyl (C=O) groups is 2. The van der Waals surface area contributed by atoms with E-state index in [1.54, 1.807) is 24.3 Å². The highest BCUT2D eigenvalue weighted by Gasteiger charge is 2.08. The molecule has 0 spiro atoms. The first-order chi connectivity index (χ1) is 14.5. The number of ether oxygens (including phenoxy) is 2. The summed E-state index contributed by atoms with van der Waals surface area (Å²) >= 11 is 0. The van der Waals surface area contributed by atoms with Gasteiger partial charge in [-0.05, 0) is 68.1 Å². The molecule has 2 aromatic carbocycles. The van der Waals surface area contributed by atoms with Gasteiger partial charge in [-0.1, -0.05) is 38.3 Å². The summed E-state index contributed by atoms with van der Waals surface area (Å²) < 4.78 is 11.1. The Balaban J connectivity index is 1.68. The van der Waals surface area contributed by atoms with Crippen LogP contribution in [0.1, 0.15) is 66.9 Å². The largest absolute Gasteiger partial charge is 0.493 e. The maximum Gasteiger partial charge on any atom is 0.338 e. The molecular formula is C25H33NO4. The molecule has 0 aliphatic heterocycles. The molecule has 0 aliphatic carbocycles. The number of nitrogens with one attached hydrogen (secondary N) is 1. The zero-order valence-corrected chi connectivity index (χ0v) is 18.3. The highest BCUT2D eigenvalue weighted by atomic mass is 16.5. The summed E-state index contributed by atoms with van der Waals surface area (Å²) in [4.78, 5) is 24.2. The van der Waals surface area contributed by atoms with Crippen molar-refractivity contribution in [2.45, 2.75) is 59.3 Å². The minimum Gasteiger partial charge on any atom is -0.493 e. The Hall–Kier alpha value is -2.82. The second kappa shape index (κ2) is 12.7. The molecule has 2 aromatic rings. The smallest absolute Gasteiger partial charge is 0.338 e. The number of rotatable bonds is 12. The third kappa shape index (κ3) is 8.27. The Morgan fingerprint density at radius 1 is 0.900 bits per heavy atom. The molecule has 2 rings (SSSR count). The lowest BCUT2D eigenvalue weighted by atomic mass is 10.1. The highest BCUT2D eigenvalue weighted by molar-refractivity contribution is 5.93. The first-order valence-electron chi connectivity index (χ1n) is 10.8. The van der Waals surface area contributed by atoms with Crippen molar-refractivity contribution in [1.29, 1.82) is 0 Å². The molecule has 0 aromatic heterocycles. The fraction of sp³-hybridized carbons (Fsp3) is 0.440. The quantitative estimate of drug-likeness (QED) is 0.352. The number of hydrogen-bond acceptors (Lipinski definition) is 4. The summed E-state index contributed by atoms with van der Waals surface area (Å²) in [7, 11) is 0. The summed E-state index contributed by atoms with van der Waals surface area (Å²) in [5.74, 6) is 0.460. The van der Waals surface area contributed by atoms with Crippen LogP contribution in [-0.2, 0) is 9.53 Å². The van der Waals surface area contributed by atoms with E-state index < -0.39 is 0 Å². The van der Waals surface area contributed by atoms with E-state index in [2.05, 4.69) is 12.2 Å². The first-order valence-corrected chi connectivity index (χ1v) is 10.8. The van der Waals surface area contributed by atoms with Crippen LogP contribution in [0.2, 0.25) is 0 Å². The minimum atomic E-state index is -0.326. The minimum absolute atomic E-state index is 0.0779. The van der Waals surface area contributed by atoms with Gasteiger partial charge in [0.2, 0.25) is 5.91 Å². The Bertz CT molecular complexity index is 814. The molecule has 162 valence electrons. The van der Waals surface area contributed by atoms with Crippen LogP contribution in [0.4, 0.5) is 5.69 Å². The van der Waals surface area contributed by atoms with Crippen LogP contribution in [0.5, 0.6) is 5.75 Å². The number of hydrogen-bond donors (Lipinski definition) is 1. The second-order valence-electron chi connectivity index (χ2n) is 7.54. The van der Waals surface area contributed by atoms with E-state index in [4.69, 9.17) is 9.47 Å². The molecule has 0 fully saturated rings. The topological polar surface area (TPSA) is 64.6 Å². The van der Waals surface area contributed by atoms with Gasteiger partial charge in [-0.25, -0.2) is 4.79 Å². The molecule has 0 aliphatic rings. The Morgan fingerprint density at radius 3 is 2.40 bits per heavy atom. The van der Waals surface area contributed by atoms with Crippen molar-refractivity contribution >= 4 is 17.6 Å². The third-order valence-electron chi connectivity index (χ3n) is 4.78. The maximum atomic E-state index is 12.1. The van der Waals surface area contributed by atoms with Crippen LogP contribution >= 0.6 is 0 Å². The van der Waals surface area contributed by atoms with E-state index in [-0.39, 0.29) is 11.9 Å². The van der Waals surface area contributed by atoms with Crippen LogP contribution in [0, 0.1) is 13.8 Å². The van der Waals surface area contributed by atoms with Crippen molar-refractivity contribution in [3.63, 3.8) is 0 Å². The summed E-state index contributed by atoms with van der Waals surface area (Å²) in [6.45, 7) is 7.11. The lowest BCUT2D eigenvalue weighted by Crippen LogP contribution is -2.13. The fourth-order valence-electron chi connectivity index (χ4n) is 2.97. The molecule has 0 bridgehead atoms. The van der Waals surface area contributed by atoms with E-state index in [0.717, 1.165) is 42.6 Å². The van der Waals surface area contributed by atoms with Gasteiger partial charge in [0.1, 0.15) is 5.75 Å². The summed E-state index contributed by atoms with van der Waals surface area (Å²) in [5, 5.41) is 2.85. The average molecular weight is 412 g/mol. The Morgan fingerprint density at radius 2 is 1.67 bits per heavy atom. The third-order valence-corrected chi connectivity index (χ3v) is 4.78. The van der Waals surface area contributed by atoms with Crippen molar-refractivity contribution in [2.75, 3.05) is 18.5 Å². The van der Waals surface area contributed by atoms with Gasteiger partial charge in [-0.2, -0.15) is 0 Å². The van der Waals surface area contributed by atoms with Gasteiger partial charge in [0.15, 0.2) is 0 Å². The lowest BCUT2D eigenvalue weighted by molar-refractivity contribution is -0.116. The molecule has 0 saturated carbocycles. The van der Waals surface area contributed by atoms with Gasteiger partial charge in [-0.3, -0.25) is 4.79 Å². The standard InChI is InChI=1S/C25H33NO4/c1-4-5-6-7-16-30-25(28)21-12-14-22(15-13-21)26-24(27)9-8-17-29-23-18-19(2)10-11-20(23)3/h10-15,18H,4-9,16-17H2,1-3H3,(H,26,27). The molecular weight excluding hydrogens is 378 g/mol. The second-order valence-corrected chi connectivity index (χ2v) is 7.54. The zero-order chi connectivity index (χ0) is 21.8.